The molecule has 2 aliphatic rings. The van der Waals surface area contributed by atoms with Crippen molar-refractivity contribution in [3.63, 3.8) is 0 Å². The average Bonchev–Trinajstić information content (AvgIpc) is 2.25. The van der Waals surface area contributed by atoms with Crippen LogP contribution >= 0.6 is 11.6 Å². The molecule has 1 aromatic rings. The molecule has 1 spiro atoms. The predicted molar refractivity (Wildman–Crippen MR) is 65.1 cm³/mol. The molecule has 2 nitrogen and oxygen atoms in total. The molecule has 0 saturated heterocycles. The minimum Gasteiger partial charge on any atom is -0.487 e. The summed E-state index contributed by atoms with van der Waals surface area (Å²) in [5.74, 6) is 1.01. The van der Waals surface area contributed by atoms with Gasteiger partial charge < -0.3 is 10.1 Å². The van der Waals surface area contributed by atoms with E-state index in [1.54, 1.807) is 0 Å². The van der Waals surface area contributed by atoms with Gasteiger partial charge in [-0.05, 0) is 44.5 Å². The second-order valence-electron chi connectivity index (χ2n) is 4.87. The van der Waals surface area contributed by atoms with E-state index in [0.29, 0.717) is 6.04 Å². The molecule has 1 N–H and O–H groups in total. The van der Waals surface area contributed by atoms with E-state index < -0.39 is 0 Å². The van der Waals surface area contributed by atoms with Crippen LogP contribution in [0.4, 0.5) is 0 Å². The number of ether oxygens (including phenoxy) is 1. The summed E-state index contributed by atoms with van der Waals surface area (Å²) < 4.78 is 6.14. The van der Waals surface area contributed by atoms with Gasteiger partial charge in [0.2, 0.25) is 0 Å². The first-order valence-corrected chi connectivity index (χ1v) is 6.26. The summed E-state index contributed by atoms with van der Waals surface area (Å²) in [6.45, 7) is 0. The van der Waals surface area contributed by atoms with Gasteiger partial charge in [0.05, 0.1) is 0 Å². The largest absolute Gasteiger partial charge is 0.487 e. The van der Waals surface area contributed by atoms with Crippen molar-refractivity contribution in [1.82, 2.24) is 5.32 Å². The van der Waals surface area contributed by atoms with E-state index in [4.69, 9.17) is 16.3 Å². The van der Waals surface area contributed by atoms with Crippen molar-refractivity contribution >= 4 is 11.6 Å². The topological polar surface area (TPSA) is 21.3 Å². The van der Waals surface area contributed by atoms with Gasteiger partial charge in [0.25, 0.3) is 0 Å². The zero-order chi connectivity index (χ0) is 11.2. The lowest BCUT2D eigenvalue weighted by atomic mass is 9.73. The highest BCUT2D eigenvalue weighted by molar-refractivity contribution is 6.30. The van der Waals surface area contributed by atoms with Gasteiger partial charge in [-0.2, -0.15) is 0 Å². The third-order valence-corrected chi connectivity index (χ3v) is 4.10. The SMILES string of the molecule is CNC1CC2(CCC2)Oc2ccc(Cl)cc21. The molecule has 0 amide bonds. The van der Waals surface area contributed by atoms with Crippen molar-refractivity contribution in [3.8, 4) is 5.75 Å². The van der Waals surface area contributed by atoms with Gasteiger partial charge in [0.15, 0.2) is 0 Å². The van der Waals surface area contributed by atoms with Crippen molar-refractivity contribution < 1.29 is 4.74 Å². The Labute approximate surface area is 101 Å². The van der Waals surface area contributed by atoms with Gasteiger partial charge in [-0.1, -0.05) is 11.6 Å². The standard InChI is InChI=1S/C13H16ClNO/c1-15-11-8-13(5-2-6-13)16-12-4-3-9(14)7-10(11)12/h3-4,7,11,15H,2,5-6,8H2,1H3. The molecule has 1 fully saturated rings. The molecule has 1 heterocycles. The molecule has 3 rings (SSSR count). The van der Waals surface area contributed by atoms with Gasteiger partial charge in [-0.25, -0.2) is 0 Å². The monoisotopic (exact) mass is 237 g/mol. The molecule has 86 valence electrons. The molecule has 1 saturated carbocycles. The smallest absolute Gasteiger partial charge is 0.125 e. The summed E-state index contributed by atoms with van der Waals surface area (Å²) in [6, 6.07) is 6.30. The van der Waals surface area contributed by atoms with Crippen molar-refractivity contribution in [2.24, 2.45) is 0 Å². The fraction of sp³-hybridized carbons (Fsp3) is 0.538. The van der Waals surface area contributed by atoms with Gasteiger partial charge >= 0.3 is 0 Å². The lowest BCUT2D eigenvalue weighted by Gasteiger charge is -2.48. The predicted octanol–water partition coefficient (Wildman–Crippen LogP) is 3.31. The van der Waals surface area contributed by atoms with Gasteiger partial charge in [-0.3, -0.25) is 0 Å². The zero-order valence-electron chi connectivity index (χ0n) is 9.42. The summed E-state index contributed by atoms with van der Waals surface area (Å²) in [7, 11) is 2.01. The highest BCUT2D eigenvalue weighted by Gasteiger charge is 2.45. The van der Waals surface area contributed by atoms with Crippen LogP contribution in [0.25, 0.3) is 0 Å². The maximum atomic E-state index is 6.14. The van der Waals surface area contributed by atoms with E-state index in [1.165, 1.54) is 24.8 Å². The quantitative estimate of drug-likeness (QED) is 0.809. The second kappa shape index (κ2) is 3.64. The lowest BCUT2D eigenvalue weighted by Crippen LogP contribution is -2.48. The van der Waals surface area contributed by atoms with Crippen LogP contribution in [0.5, 0.6) is 5.75 Å². The number of fused-ring (bicyclic) bond motifs is 1. The van der Waals surface area contributed by atoms with Crippen LogP contribution in [0, 0.1) is 0 Å². The third kappa shape index (κ3) is 1.52. The average molecular weight is 238 g/mol. The minimum atomic E-state index is 0.106. The molecular formula is C13H16ClNO. The number of rotatable bonds is 1. The van der Waals surface area contributed by atoms with Crippen molar-refractivity contribution in [2.75, 3.05) is 7.05 Å². The van der Waals surface area contributed by atoms with E-state index in [1.807, 2.05) is 25.2 Å². The van der Waals surface area contributed by atoms with E-state index in [2.05, 4.69) is 5.32 Å². The Kier molecular flexibility index (Phi) is 2.37. The normalized spacial score (nSPS) is 25.8. The van der Waals surface area contributed by atoms with Crippen LogP contribution in [0.1, 0.15) is 37.3 Å². The molecule has 1 aromatic carbocycles. The number of benzene rings is 1. The van der Waals surface area contributed by atoms with E-state index in [9.17, 15) is 0 Å². The summed E-state index contributed by atoms with van der Waals surface area (Å²) in [6.07, 6.45) is 4.73. The van der Waals surface area contributed by atoms with Crippen LogP contribution in [0.3, 0.4) is 0 Å². The fourth-order valence-electron chi connectivity index (χ4n) is 2.78. The maximum absolute atomic E-state index is 6.14. The van der Waals surface area contributed by atoms with Crippen molar-refractivity contribution in [2.45, 2.75) is 37.3 Å². The molecule has 1 aliphatic heterocycles. The molecule has 0 bridgehead atoms. The molecule has 16 heavy (non-hydrogen) atoms. The lowest BCUT2D eigenvalue weighted by molar-refractivity contribution is -0.0361. The van der Waals surface area contributed by atoms with Crippen LogP contribution < -0.4 is 10.1 Å². The van der Waals surface area contributed by atoms with E-state index in [0.717, 1.165) is 17.2 Å². The second-order valence-corrected chi connectivity index (χ2v) is 5.30. The molecule has 1 atom stereocenters. The zero-order valence-corrected chi connectivity index (χ0v) is 10.2. The van der Waals surface area contributed by atoms with Crippen LogP contribution in [-0.4, -0.2) is 12.6 Å². The Balaban J connectivity index is 2.00. The minimum absolute atomic E-state index is 0.106. The molecule has 0 radical (unpaired) electrons. The molecule has 1 unspecified atom stereocenters. The number of nitrogens with one attached hydrogen (secondary N) is 1. The van der Waals surface area contributed by atoms with Gasteiger partial charge in [-0.15, -0.1) is 0 Å². The Hall–Kier alpha value is -0.730. The fourth-order valence-corrected chi connectivity index (χ4v) is 2.96. The molecule has 3 heteroatoms. The first-order valence-electron chi connectivity index (χ1n) is 5.88. The van der Waals surface area contributed by atoms with Crippen LogP contribution in [0.15, 0.2) is 18.2 Å². The summed E-state index contributed by atoms with van der Waals surface area (Å²) in [5, 5.41) is 4.16. The van der Waals surface area contributed by atoms with Gasteiger partial charge in [0.1, 0.15) is 11.4 Å². The number of halogens is 1. The Morgan fingerprint density at radius 3 is 2.88 bits per heavy atom. The first kappa shape index (κ1) is 10.4. The highest BCUT2D eigenvalue weighted by atomic mass is 35.5. The number of hydrogen-bond donors (Lipinski definition) is 1. The molecule has 0 aromatic heterocycles. The molecule has 1 aliphatic carbocycles. The summed E-state index contributed by atoms with van der Waals surface area (Å²) in [5.41, 5.74) is 1.31. The summed E-state index contributed by atoms with van der Waals surface area (Å²) >= 11 is 6.03. The van der Waals surface area contributed by atoms with E-state index >= 15 is 0 Å². The molecular weight excluding hydrogens is 222 g/mol. The Morgan fingerprint density at radius 2 is 2.25 bits per heavy atom. The first-order chi connectivity index (χ1) is 7.72. The van der Waals surface area contributed by atoms with Gasteiger partial charge in [0, 0.05) is 23.0 Å². The van der Waals surface area contributed by atoms with Crippen LogP contribution in [-0.2, 0) is 0 Å². The van der Waals surface area contributed by atoms with Crippen molar-refractivity contribution in [3.05, 3.63) is 28.8 Å². The van der Waals surface area contributed by atoms with Crippen molar-refractivity contribution in [1.29, 1.82) is 0 Å². The summed E-state index contributed by atoms with van der Waals surface area (Å²) in [4.78, 5) is 0. The maximum Gasteiger partial charge on any atom is 0.125 e. The Bertz CT molecular complexity index is 414. The van der Waals surface area contributed by atoms with Crippen LogP contribution in [0.2, 0.25) is 5.02 Å². The van der Waals surface area contributed by atoms with E-state index in [-0.39, 0.29) is 5.60 Å². The Morgan fingerprint density at radius 1 is 1.44 bits per heavy atom. The highest BCUT2D eigenvalue weighted by Crippen LogP contribution is 2.49. The third-order valence-electron chi connectivity index (χ3n) is 3.86. The number of hydrogen-bond acceptors (Lipinski definition) is 2.